The van der Waals surface area contributed by atoms with Gasteiger partial charge < -0.3 is 10.4 Å². The Balaban J connectivity index is 2.34. The van der Waals surface area contributed by atoms with Crippen molar-refractivity contribution in [2.45, 2.75) is 26.2 Å². The summed E-state index contributed by atoms with van der Waals surface area (Å²) in [5.41, 5.74) is 0.00130. The van der Waals surface area contributed by atoms with Crippen molar-refractivity contribution in [1.82, 2.24) is 5.32 Å². The van der Waals surface area contributed by atoms with Gasteiger partial charge in [0.05, 0.1) is 12.3 Å². The molecule has 1 aromatic rings. The highest BCUT2D eigenvalue weighted by atomic mass is 19.2. The molecule has 0 spiro atoms. The first kappa shape index (κ1) is 16.1. The molecule has 0 bridgehead atoms. The lowest BCUT2D eigenvalue weighted by atomic mass is 10.1. The summed E-state index contributed by atoms with van der Waals surface area (Å²) in [6, 6.07) is 3.68. The molecule has 1 amide bonds. The van der Waals surface area contributed by atoms with E-state index in [-0.39, 0.29) is 12.0 Å². The van der Waals surface area contributed by atoms with Crippen LogP contribution in [0.3, 0.4) is 0 Å². The summed E-state index contributed by atoms with van der Waals surface area (Å²) in [5.74, 6) is -3.75. The Kier molecular flexibility index (Phi) is 6.09. The summed E-state index contributed by atoms with van der Waals surface area (Å²) < 4.78 is 26.3. The first-order valence-corrected chi connectivity index (χ1v) is 6.34. The number of aliphatic carboxylic acids is 1. The highest BCUT2D eigenvalue weighted by Gasteiger charge is 2.12. The topological polar surface area (TPSA) is 66.4 Å². The molecular formula is C14H17F2NO3. The van der Waals surface area contributed by atoms with Gasteiger partial charge in [0, 0.05) is 12.1 Å². The molecule has 2 N–H and O–H groups in total. The Morgan fingerprint density at radius 1 is 1.35 bits per heavy atom. The minimum atomic E-state index is -1.01. The van der Waals surface area contributed by atoms with Crippen molar-refractivity contribution in [1.29, 1.82) is 0 Å². The summed E-state index contributed by atoms with van der Waals surface area (Å²) >= 11 is 0. The zero-order chi connectivity index (χ0) is 15.1. The molecule has 1 rings (SSSR count). The van der Waals surface area contributed by atoms with Crippen molar-refractivity contribution in [2.75, 3.05) is 6.54 Å². The summed E-state index contributed by atoms with van der Waals surface area (Å²) in [5, 5.41) is 11.2. The number of carboxylic acid groups (broad SMARTS) is 1. The maximum absolute atomic E-state index is 13.3. The standard InChI is InChI=1S/C14H17F2NO3/c1-9(14(19)20)4-3-7-17-12(18)8-10-5-2-6-11(15)13(10)16/h2,5-6,9H,3-4,7-8H2,1H3,(H,17,18)(H,19,20). The summed E-state index contributed by atoms with van der Waals surface area (Å²) in [6.07, 6.45) is 0.729. The van der Waals surface area contributed by atoms with Crippen LogP contribution in [-0.2, 0) is 16.0 Å². The van der Waals surface area contributed by atoms with Gasteiger partial charge in [0.2, 0.25) is 5.91 Å². The fourth-order valence-electron chi connectivity index (χ4n) is 1.68. The average molecular weight is 285 g/mol. The fraction of sp³-hybridized carbons (Fsp3) is 0.429. The van der Waals surface area contributed by atoms with E-state index in [0.717, 1.165) is 6.07 Å². The summed E-state index contributed by atoms with van der Waals surface area (Å²) in [7, 11) is 0. The van der Waals surface area contributed by atoms with E-state index in [0.29, 0.717) is 19.4 Å². The Morgan fingerprint density at radius 2 is 2.05 bits per heavy atom. The van der Waals surface area contributed by atoms with Crippen LogP contribution in [0.15, 0.2) is 18.2 Å². The van der Waals surface area contributed by atoms with E-state index in [1.54, 1.807) is 6.92 Å². The molecule has 1 unspecified atom stereocenters. The van der Waals surface area contributed by atoms with Crippen molar-refractivity contribution in [3.8, 4) is 0 Å². The van der Waals surface area contributed by atoms with E-state index in [1.165, 1.54) is 12.1 Å². The maximum Gasteiger partial charge on any atom is 0.306 e. The number of carbonyl (C=O) groups excluding carboxylic acids is 1. The van der Waals surface area contributed by atoms with Crippen molar-refractivity contribution < 1.29 is 23.5 Å². The normalized spacial score (nSPS) is 11.9. The van der Waals surface area contributed by atoms with Crippen molar-refractivity contribution in [3.63, 3.8) is 0 Å². The number of carboxylic acids is 1. The van der Waals surface area contributed by atoms with Crippen LogP contribution in [0, 0.1) is 17.6 Å². The summed E-state index contributed by atoms with van der Waals surface area (Å²) in [4.78, 5) is 22.1. The van der Waals surface area contributed by atoms with Crippen molar-refractivity contribution in [2.24, 2.45) is 5.92 Å². The first-order valence-electron chi connectivity index (χ1n) is 6.34. The molecule has 4 nitrogen and oxygen atoms in total. The lowest BCUT2D eigenvalue weighted by molar-refractivity contribution is -0.141. The number of hydrogen-bond donors (Lipinski definition) is 2. The second-order valence-electron chi connectivity index (χ2n) is 4.62. The number of carbonyl (C=O) groups is 2. The fourth-order valence-corrected chi connectivity index (χ4v) is 1.68. The van der Waals surface area contributed by atoms with Crippen LogP contribution in [0.25, 0.3) is 0 Å². The first-order chi connectivity index (χ1) is 9.41. The second kappa shape index (κ2) is 7.57. The van der Waals surface area contributed by atoms with Gasteiger partial charge in [0.1, 0.15) is 0 Å². The lowest BCUT2D eigenvalue weighted by Crippen LogP contribution is -2.27. The van der Waals surface area contributed by atoms with Gasteiger partial charge in [0.25, 0.3) is 0 Å². The molecule has 0 saturated heterocycles. The van der Waals surface area contributed by atoms with Crippen LogP contribution in [0.1, 0.15) is 25.3 Å². The van der Waals surface area contributed by atoms with Gasteiger partial charge in [-0.25, -0.2) is 8.78 Å². The van der Waals surface area contributed by atoms with Gasteiger partial charge >= 0.3 is 5.97 Å². The van der Waals surface area contributed by atoms with E-state index in [9.17, 15) is 18.4 Å². The summed E-state index contributed by atoms with van der Waals surface area (Å²) in [6.45, 7) is 1.90. The predicted molar refractivity (Wildman–Crippen MR) is 69.1 cm³/mol. The van der Waals surface area contributed by atoms with Gasteiger partial charge in [-0.15, -0.1) is 0 Å². The Morgan fingerprint density at radius 3 is 2.70 bits per heavy atom. The molecular weight excluding hydrogens is 268 g/mol. The highest BCUT2D eigenvalue weighted by Crippen LogP contribution is 2.11. The zero-order valence-electron chi connectivity index (χ0n) is 11.2. The number of hydrogen-bond acceptors (Lipinski definition) is 2. The second-order valence-corrected chi connectivity index (χ2v) is 4.62. The van der Waals surface area contributed by atoms with Gasteiger partial charge in [-0.05, 0) is 18.9 Å². The number of halogens is 2. The van der Waals surface area contributed by atoms with Gasteiger partial charge in [0.15, 0.2) is 11.6 Å². The third kappa shape index (κ3) is 4.95. The van der Waals surface area contributed by atoms with Gasteiger partial charge in [-0.1, -0.05) is 19.1 Å². The Hall–Kier alpha value is -1.98. The molecule has 0 saturated carbocycles. The third-order valence-corrected chi connectivity index (χ3v) is 2.94. The van der Waals surface area contributed by atoms with Crippen LogP contribution in [-0.4, -0.2) is 23.5 Å². The van der Waals surface area contributed by atoms with Gasteiger partial charge in [-0.2, -0.15) is 0 Å². The molecule has 0 aliphatic heterocycles. The largest absolute Gasteiger partial charge is 0.481 e. The van der Waals surface area contributed by atoms with Crippen LogP contribution in [0.5, 0.6) is 0 Å². The molecule has 0 aliphatic rings. The Labute approximate surface area is 115 Å². The number of benzene rings is 1. The predicted octanol–water partition coefficient (Wildman–Crippen LogP) is 2.12. The van der Waals surface area contributed by atoms with E-state index >= 15 is 0 Å². The lowest BCUT2D eigenvalue weighted by Gasteiger charge is -2.08. The number of nitrogens with one attached hydrogen (secondary N) is 1. The minimum Gasteiger partial charge on any atom is -0.481 e. The Bertz CT molecular complexity index is 491. The van der Waals surface area contributed by atoms with Crippen LogP contribution < -0.4 is 5.32 Å². The molecule has 0 fully saturated rings. The monoisotopic (exact) mass is 285 g/mol. The third-order valence-electron chi connectivity index (χ3n) is 2.94. The number of rotatable bonds is 7. The maximum atomic E-state index is 13.3. The van der Waals surface area contributed by atoms with Gasteiger partial charge in [-0.3, -0.25) is 9.59 Å². The van der Waals surface area contributed by atoms with E-state index in [1.807, 2.05) is 0 Å². The molecule has 20 heavy (non-hydrogen) atoms. The molecule has 0 aromatic heterocycles. The van der Waals surface area contributed by atoms with Crippen LogP contribution in [0.4, 0.5) is 8.78 Å². The molecule has 1 atom stereocenters. The van der Waals surface area contributed by atoms with Crippen molar-refractivity contribution >= 4 is 11.9 Å². The zero-order valence-corrected chi connectivity index (χ0v) is 11.2. The van der Waals surface area contributed by atoms with E-state index in [4.69, 9.17) is 5.11 Å². The minimum absolute atomic E-state index is 0.00130. The molecule has 0 heterocycles. The average Bonchev–Trinajstić information content (AvgIpc) is 2.39. The molecule has 6 heteroatoms. The van der Waals surface area contributed by atoms with Crippen molar-refractivity contribution in [3.05, 3.63) is 35.4 Å². The number of amides is 1. The molecule has 1 aromatic carbocycles. The highest BCUT2D eigenvalue weighted by molar-refractivity contribution is 5.78. The smallest absolute Gasteiger partial charge is 0.306 e. The molecule has 0 radical (unpaired) electrons. The van der Waals surface area contributed by atoms with Crippen LogP contribution >= 0.6 is 0 Å². The van der Waals surface area contributed by atoms with E-state index in [2.05, 4.69) is 5.32 Å². The van der Waals surface area contributed by atoms with Crippen LogP contribution in [0.2, 0.25) is 0 Å². The van der Waals surface area contributed by atoms with E-state index < -0.39 is 29.4 Å². The molecule has 0 aliphatic carbocycles. The SMILES string of the molecule is CC(CCCNC(=O)Cc1cccc(F)c1F)C(=O)O. The molecule has 110 valence electrons. The quantitative estimate of drug-likeness (QED) is 0.754.